The largest absolute Gasteiger partial charge is 0.467 e. The number of carbonyl (C=O) groups is 4. The molecule has 1 atom stereocenters. The van der Waals surface area contributed by atoms with Crippen molar-refractivity contribution in [1.29, 1.82) is 0 Å². The van der Waals surface area contributed by atoms with Crippen molar-refractivity contribution in [3.8, 4) is 12.0 Å². The third-order valence-electron chi connectivity index (χ3n) is 5.11. The van der Waals surface area contributed by atoms with Crippen molar-refractivity contribution in [2.45, 2.75) is 13.0 Å². The van der Waals surface area contributed by atoms with E-state index in [9.17, 15) is 19.2 Å². The average Bonchev–Trinajstić information content (AvgIpc) is 2.96. The summed E-state index contributed by atoms with van der Waals surface area (Å²) in [5.41, 5.74) is 0.882. The monoisotopic (exact) mass is 551 g/mol. The van der Waals surface area contributed by atoms with E-state index in [1.54, 1.807) is 24.3 Å². The van der Waals surface area contributed by atoms with E-state index in [0.717, 1.165) is 0 Å². The van der Waals surface area contributed by atoms with Crippen LogP contribution in [0, 0.1) is 0 Å². The molecule has 15 nitrogen and oxygen atoms in total. The zero-order valence-electron chi connectivity index (χ0n) is 22.1. The van der Waals surface area contributed by atoms with E-state index in [1.807, 2.05) is 0 Å². The van der Waals surface area contributed by atoms with E-state index < -0.39 is 29.7 Å². The Bertz CT molecular complexity index is 1420. The maximum atomic E-state index is 12.9. The number of azo groups is 1. The fraction of sp³-hybridized carbons (Fsp3) is 0.240. The molecule has 0 bridgehead atoms. The minimum Gasteiger partial charge on any atom is -0.467 e. The van der Waals surface area contributed by atoms with Crippen molar-refractivity contribution in [3.05, 3.63) is 53.6 Å². The number of nitrogens with one attached hydrogen (secondary N) is 2. The highest BCUT2D eigenvalue weighted by Crippen LogP contribution is 2.24. The van der Waals surface area contributed by atoms with E-state index in [0.29, 0.717) is 11.4 Å². The Morgan fingerprint density at radius 2 is 1.40 bits per heavy atom. The SMILES string of the molecule is COC(=O)c1ccc(C(=O)OC)c(N=NC(C(C)=O)C(=O)Nc2ccc(Nc3nc(OC)nc(OC)n3)cc2)c1. The molecule has 0 aliphatic carbocycles. The van der Waals surface area contributed by atoms with Gasteiger partial charge in [-0.2, -0.15) is 20.2 Å². The van der Waals surface area contributed by atoms with Crippen LogP contribution in [0.4, 0.5) is 23.0 Å². The second-order valence-electron chi connectivity index (χ2n) is 7.77. The van der Waals surface area contributed by atoms with E-state index in [4.69, 9.17) is 14.2 Å². The topological polar surface area (TPSA) is 193 Å². The van der Waals surface area contributed by atoms with Crippen LogP contribution in [-0.2, 0) is 19.1 Å². The molecule has 0 spiro atoms. The van der Waals surface area contributed by atoms with Crippen molar-refractivity contribution in [2.24, 2.45) is 10.2 Å². The number of amides is 1. The first-order valence-electron chi connectivity index (χ1n) is 11.4. The number of Topliss-reactive ketones (excluding diaryl/α,β-unsaturated/α-hetero) is 1. The summed E-state index contributed by atoms with van der Waals surface area (Å²) < 4.78 is 19.4. The summed E-state index contributed by atoms with van der Waals surface area (Å²) in [4.78, 5) is 61.2. The molecule has 0 radical (unpaired) electrons. The lowest BCUT2D eigenvalue weighted by Crippen LogP contribution is -2.31. The van der Waals surface area contributed by atoms with Gasteiger partial charge in [0, 0.05) is 11.4 Å². The van der Waals surface area contributed by atoms with E-state index in [1.165, 1.54) is 53.6 Å². The first-order chi connectivity index (χ1) is 19.2. The second kappa shape index (κ2) is 13.4. The molecule has 40 heavy (non-hydrogen) atoms. The number of esters is 2. The Kier molecular flexibility index (Phi) is 9.72. The quantitative estimate of drug-likeness (QED) is 0.201. The van der Waals surface area contributed by atoms with Gasteiger partial charge < -0.3 is 29.6 Å². The predicted molar refractivity (Wildman–Crippen MR) is 139 cm³/mol. The number of nitrogens with zero attached hydrogens (tertiary/aromatic N) is 5. The molecule has 15 heteroatoms. The molecular formula is C25H25N7O8. The molecule has 1 amide bonds. The van der Waals surface area contributed by atoms with Crippen LogP contribution >= 0.6 is 0 Å². The lowest BCUT2D eigenvalue weighted by molar-refractivity contribution is -0.126. The van der Waals surface area contributed by atoms with Gasteiger partial charge in [0.15, 0.2) is 5.78 Å². The highest BCUT2D eigenvalue weighted by molar-refractivity contribution is 6.10. The molecule has 0 saturated heterocycles. The van der Waals surface area contributed by atoms with Gasteiger partial charge in [-0.1, -0.05) is 0 Å². The molecule has 2 aromatic carbocycles. The fourth-order valence-electron chi connectivity index (χ4n) is 3.13. The summed E-state index contributed by atoms with van der Waals surface area (Å²) in [7, 11) is 5.17. The number of aromatic nitrogens is 3. The number of hydrogen-bond donors (Lipinski definition) is 2. The normalized spacial score (nSPS) is 11.3. The Morgan fingerprint density at radius 3 is 1.95 bits per heavy atom. The fourth-order valence-corrected chi connectivity index (χ4v) is 3.13. The van der Waals surface area contributed by atoms with E-state index >= 15 is 0 Å². The first-order valence-corrected chi connectivity index (χ1v) is 11.4. The number of ketones is 1. The van der Waals surface area contributed by atoms with Gasteiger partial charge in [-0.15, -0.1) is 4.98 Å². The molecule has 1 heterocycles. The summed E-state index contributed by atoms with van der Waals surface area (Å²) >= 11 is 0. The summed E-state index contributed by atoms with van der Waals surface area (Å²) in [5.74, 6) is -2.65. The van der Waals surface area contributed by atoms with Crippen LogP contribution in [0.15, 0.2) is 52.7 Å². The van der Waals surface area contributed by atoms with Crippen LogP contribution < -0.4 is 20.1 Å². The molecule has 3 aromatic rings. The van der Waals surface area contributed by atoms with Crippen molar-refractivity contribution in [3.63, 3.8) is 0 Å². The molecule has 2 N–H and O–H groups in total. The summed E-state index contributed by atoms with van der Waals surface area (Å²) in [6, 6.07) is 8.84. The number of anilines is 3. The lowest BCUT2D eigenvalue weighted by Gasteiger charge is -2.11. The first kappa shape index (κ1) is 29.1. The molecule has 0 aliphatic heterocycles. The predicted octanol–water partition coefficient (Wildman–Crippen LogP) is 2.89. The van der Waals surface area contributed by atoms with Crippen molar-refractivity contribution < 1.29 is 38.1 Å². The second-order valence-corrected chi connectivity index (χ2v) is 7.77. The van der Waals surface area contributed by atoms with Crippen LogP contribution in [0.3, 0.4) is 0 Å². The van der Waals surface area contributed by atoms with Crippen molar-refractivity contribution in [2.75, 3.05) is 39.1 Å². The van der Waals surface area contributed by atoms with E-state index in [-0.39, 0.29) is 34.8 Å². The Morgan fingerprint density at radius 1 is 0.800 bits per heavy atom. The Hall–Kier alpha value is -5.47. The van der Waals surface area contributed by atoms with Gasteiger partial charge in [0.1, 0.15) is 5.69 Å². The van der Waals surface area contributed by atoms with Crippen molar-refractivity contribution in [1.82, 2.24) is 15.0 Å². The third-order valence-corrected chi connectivity index (χ3v) is 5.11. The summed E-state index contributed by atoms with van der Waals surface area (Å²) in [5, 5.41) is 13.3. The number of ether oxygens (including phenoxy) is 4. The number of benzene rings is 2. The van der Waals surface area contributed by atoms with Gasteiger partial charge in [0.2, 0.25) is 12.0 Å². The van der Waals surface area contributed by atoms with E-state index in [2.05, 4.69) is 40.6 Å². The van der Waals surface area contributed by atoms with Crippen LogP contribution in [0.1, 0.15) is 27.6 Å². The van der Waals surface area contributed by atoms with Gasteiger partial charge in [0.05, 0.1) is 39.6 Å². The Balaban J connectivity index is 1.77. The molecule has 1 aromatic heterocycles. The molecule has 1 unspecified atom stereocenters. The number of carbonyl (C=O) groups excluding carboxylic acids is 4. The number of methoxy groups -OCH3 is 4. The molecule has 0 saturated carbocycles. The summed E-state index contributed by atoms with van der Waals surface area (Å²) in [6.07, 6.45) is 0. The average molecular weight is 552 g/mol. The Labute approximate surface area is 228 Å². The van der Waals surface area contributed by atoms with Crippen LogP contribution in [0.25, 0.3) is 0 Å². The van der Waals surface area contributed by atoms with Gasteiger partial charge in [-0.3, -0.25) is 9.59 Å². The van der Waals surface area contributed by atoms with Gasteiger partial charge >= 0.3 is 24.0 Å². The van der Waals surface area contributed by atoms with Crippen LogP contribution in [0.2, 0.25) is 0 Å². The standard InChI is InChI=1S/C25H25N7O8/c1-13(33)19(32-31-18-12-14(21(35)37-2)6-11-17(18)22(36)38-3)20(34)26-15-7-9-16(10-8-15)27-23-28-24(39-4)30-25(29-23)40-5/h6-12,19H,1-5H3,(H,26,34)(H,27,28,29,30). The maximum Gasteiger partial charge on any atom is 0.340 e. The highest BCUT2D eigenvalue weighted by atomic mass is 16.5. The minimum absolute atomic E-state index is 0.0295. The molecular weight excluding hydrogens is 526 g/mol. The molecule has 3 rings (SSSR count). The lowest BCUT2D eigenvalue weighted by atomic mass is 10.1. The van der Waals surface area contributed by atoms with Crippen molar-refractivity contribution >= 4 is 46.6 Å². The van der Waals surface area contributed by atoms with Gasteiger partial charge in [0.25, 0.3) is 5.91 Å². The van der Waals surface area contributed by atoms with Gasteiger partial charge in [-0.05, 0) is 49.4 Å². The maximum absolute atomic E-state index is 12.9. The smallest absolute Gasteiger partial charge is 0.340 e. The van der Waals surface area contributed by atoms with Gasteiger partial charge in [-0.25, -0.2) is 9.59 Å². The molecule has 0 fully saturated rings. The number of rotatable bonds is 11. The zero-order chi connectivity index (χ0) is 29.2. The summed E-state index contributed by atoms with van der Waals surface area (Å²) in [6.45, 7) is 1.17. The highest BCUT2D eigenvalue weighted by Gasteiger charge is 2.24. The minimum atomic E-state index is -1.55. The van der Waals surface area contributed by atoms with Crippen LogP contribution in [0.5, 0.6) is 12.0 Å². The zero-order valence-corrected chi connectivity index (χ0v) is 22.1. The third kappa shape index (κ3) is 7.31. The molecule has 0 aliphatic rings. The molecule has 208 valence electrons. The van der Waals surface area contributed by atoms with Crippen LogP contribution in [-0.4, -0.2) is 73.1 Å². The number of hydrogen-bond acceptors (Lipinski definition) is 14.